The molecule has 4 aromatic carbocycles. The summed E-state index contributed by atoms with van der Waals surface area (Å²) in [4.78, 5) is 92.1. The molecule has 26 nitrogen and oxygen atoms in total. The van der Waals surface area contributed by atoms with Crippen molar-refractivity contribution in [3.63, 3.8) is 0 Å². The number of carbonyl (C=O) groups excluding carboxylic acids is 3. The Bertz CT molecular complexity index is 3840. The minimum Gasteiger partial charge on any atom is -0.506 e. The summed E-state index contributed by atoms with van der Waals surface area (Å²) in [7, 11) is 0. The van der Waals surface area contributed by atoms with Gasteiger partial charge in [0.1, 0.15) is 40.7 Å². The van der Waals surface area contributed by atoms with Crippen molar-refractivity contribution in [3.05, 3.63) is 159 Å². The minimum atomic E-state index is -1.73. The molecule has 5 heterocycles. The van der Waals surface area contributed by atoms with Crippen molar-refractivity contribution in [2.24, 2.45) is 20.5 Å². The third-order valence-corrected chi connectivity index (χ3v) is 10.0. The van der Waals surface area contributed by atoms with Crippen LogP contribution in [0.2, 0.25) is 0 Å². The van der Waals surface area contributed by atoms with Crippen LogP contribution in [0.3, 0.4) is 0 Å². The van der Waals surface area contributed by atoms with Crippen LogP contribution in [0.1, 0.15) is 45.2 Å². The number of rotatable bonds is 13. The van der Waals surface area contributed by atoms with Gasteiger partial charge in [-0.1, -0.05) is 48.5 Å². The van der Waals surface area contributed by atoms with Gasteiger partial charge in [-0.15, -0.1) is 10.2 Å². The summed E-state index contributed by atoms with van der Waals surface area (Å²) >= 11 is 0. The number of phenolic OH excluding ortho intramolecular Hbond substituents is 1. The fourth-order valence-electron chi connectivity index (χ4n) is 6.71. The summed E-state index contributed by atoms with van der Waals surface area (Å²) in [6.07, 6.45) is 2.62. The van der Waals surface area contributed by atoms with Gasteiger partial charge in [0.15, 0.2) is 17.9 Å². The summed E-state index contributed by atoms with van der Waals surface area (Å²) in [5, 5.41) is 72.0. The molecule has 0 radical (unpaired) electrons. The Kier molecular flexibility index (Phi) is 11.9. The van der Waals surface area contributed by atoms with Crippen molar-refractivity contribution in [2.75, 3.05) is 10.6 Å². The molecule has 0 fully saturated rings. The van der Waals surface area contributed by atoms with Crippen LogP contribution in [0.5, 0.6) is 11.8 Å². The van der Waals surface area contributed by atoms with Crippen LogP contribution in [0.4, 0.5) is 23.0 Å². The zero-order valence-electron chi connectivity index (χ0n) is 35.3. The summed E-state index contributed by atoms with van der Waals surface area (Å²) in [5.41, 5.74) is -1.07. The lowest BCUT2D eigenvalue weighted by Crippen LogP contribution is -2.24. The van der Waals surface area contributed by atoms with Gasteiger partial charge < -0.3 is 30.8 Å². The number of aromatic hydroxyl groups is 2. The number of hydrogen-bond donors (Lipinski definition) is 6. The molecule has 6 N–H and O–H groups in total. The third kappa shape index (κ3) is 8.73. The zero-order valence-corrected chi connectivity index (χ0v) is 35.3. The number of nitrogens with one attached hydrogen (secondary N) is 4. The molecule has 0 aliphatic heterocycles. The number of aromatic nitrogens is 11. The zero-order chi connectivity index (χ0) is 48.9. The highest BCUT2D eigenvalue weighted by Gasteiger charge is 2.28. The third-order valence-electron chi connectivity index (χ3n) is 10.0. The molecule has 0 bridgehead atoms. The van der Waals surface area contributed by atoms with Gasteiger partial charge in [0.25, 0.3) is 34.8 Å². The highest BCUT2D eigenvalue weighted by molar-refractivity contribution is 5.99. The molecule has 0 aliphatic carbocycles. The number of phenols is 1. The number of azo groups is 2. The molecule has 2 atom stereocenters. The number of H-pyrrole nitrogens is 2. The first-order valence-electron chi connectivity index (χ1n) is 20.2. The van der Waals surface area contributed by atoms with E-state index < -0.39 is 64.6 Å². The first-order valence-corrected chi connectivity index (χ1v) is 20.2. The number of aldehydes is 1. The normalized spacial score (nSPS) is 12.1. The number of anilines is 2. The van der Waals surface area contributed by atoms with E-state index in [1.165, 1.54) is 42.5 Å². The molecule has 0 saturated carbocycles. The van der Waals surface area contributed by atoms with Gasteiger partial charge in [-0.2, -0.15) is 55.3 Å². The van der Waals surface area contributed by atoms with E-state index in [-0.39, 0.29) is 67.3 Å². The minimum absolute atomic E-state index is 0.0108. The summed E-state index contributed by atoms with van der Waals surface area (Å²) in [6, 6.07) is 23.9. The Morgan fingerprint density at radius 2 is 1.09 bits per heavy atom. The maximum atomic E-state index is 14.0. The molecule has 0 spiro atoms. The van der Waals surface area contributed by atoms with Gasteiger partial charge >= 0.3 is 6.01 Å². The average Bonchev–Trinajstić information content (AvgIpc) is 3.99. The smallest absolute Gasteiger partial charge is 0.320 e. The quantitative estimate of drug-likeness (QED) is 0.0522. The number of amides is 2. The second-order valence-electron chi connectivity index (χ2n) is 14.4. The van der Waals surface area contributed by atoms with Crippen molar-refractivity contribution in [3.8, 4) is 35.8 Å². The summed E-state index contributed by atoms with van der Waals surface area (Å²) < 4.78 is 1.69. The van der Waals surface area contributed by atoms with Crippen LogP contribution in [-0.4, -0.2) is 82.8 Å². The summed E-state index contributed by atoms with van der Waals surface area (Å²) in [6.45, 7) is 0. The standard InChI is InChI=1S/C44H27N19O7/c45-17-23-19-47-62(36(23)60-58-32(40(68)51-27-12-4-1-9-22(27)21-64)34-49-28-13-5-2-10-25(28)38(66)53-34)42-55-43(57-44(70)56-42)63-37(24(18-46)20-48-63)61-59-33(41(69)52-30-15-7-8-16-31(30)65)35-50-29-14-6-3-11-26(29)39(67)54-35/h1-16,19-21,32-33,65H,(H,51,68)(H,52,69)(H,49,53,66)(H,50,54,67)(H,55,56,57,70). The Labute approximate surface area is 389 Å². The molecule has 340 valence electrons. The predicted octanol–water partition coefficient (Wildman–Crippen LogP) is 4.61. The van der Waals surface area contributed by atoms with Crippen LogP contribution in [0, 0.1) is 22.7 Å². The maximum Gasteiger partial charge on any atom is 0.320 e. The first-order chi connectivity index (χ1) is 34.0. The second kappa shape index (κ2) is 18.8. The fraction of sp³-hybridized carbons (Fsp3) is 0.0455. The topological polar surface area (TPSA) is 379 Å². The van der Waals surface area contributed by atoms with Crippen LogP contribution in [-0.2, 0) is 9.59 Å². The molecule has 26 heteroatoms. The van der Waals surface area contributed by atoms with E-state index in [0.29, 0.717) is 6.29 Å². The molecule has 2 unspecified atom stereocenters. The van der Waals surface area contributed by atoms with Crippen molar-refractivity contribution in [1.29, 1.82) is 10.5 Å². The van der Waals surface area contributed by atoms with Gasteiger partial charge in [0.2, 0.25) is 12.1 Å². The molecule has 9 rings (SSSR count). The Hall–Kier alpha value is -11.0. The predicted molar refractivity (Wildman–Crippen MR) is 242 cm³/mol. The molecule has 70 heavy (non-hydrogen) atoms. The largest absolute Gasteiger partial charge is 0.506 e. The van der Waals surface area contributed by atoms with Gasteiger partial charge in [0.05, 0.1) is 45.6 Å². The number of benzene rings is 4. The van der Waals surface area contributed by atoms with E-state index in [1.807, 2.05) is 12.1 Å². The van der Waals surface area contributed by atoms with Crippen molar-refractivity contribution in [1.82, 2.24) is 54.4 Å². The van der Waals surface area contributed by atoms with E-state index in [0.717, 1.165) is 21.8 Å². The van der Waals surface area contributed by atoms with Crippen molar-refractivity contribution < 1.29 is 24.6 Å². The first kappa shape index (κ1) is 44.2. The molecule has 0 saturated heterocycles. The molecule has 9 aromatic rings. The number of para-hydroxylation sites is 5. The summed E-state index contributed by atoms with van der Waals surface area (Å²) in [5.74, 6) is -4.50. The monoisotopic (exact) mass is 933 g/mol. The van der Waals surface area contributed by atoms with Crippen LogP contribution in [0.25, 0.3) is 33.7 Å². The molecular weight excluding hydrogens is 907 g/mol. The van der Waals surface area contributed by atoms with Crippen LogP contribution in [0.15, 0.2) is 140 Å². The number of aromatic amines is 2. The lowest BCUT2D eigenvalue weighted by molar-refractivity contribution is -0.118. The number of nitrogens with zero attached hydrogens (tertiary/aromatic N) is 15. The lowest BCUT2D eigenvalue weighted by Gasteiger charge is -2.13. The number of fused-ring (bicyclic) bond motifs is 2. The van der Waals surface area contributed by atoms with Gasteiger partial charge in [-0.25, -0.2) is 9.97 Å². The molecular formula is C44H27N19O7. The molecule has 2 amide bonds. The van der Waals surface area contributed by atoms with E-state index in [1.54, 1.807) is 54.6 Å². The van der Waals surface area contributed by atoms with E-state index in [9.17, 15) is 44.7 Å². The highest BCUT2D eigenvalue weighted by atomic mass is 16.3. The second-order valence-corrected chi connectivity index (χ2v) is 14.4. The van der Waals surface area contributed by atoms with Crippen molar-refractivity contribution >= 4 is 62.9 Å². The van der Waals surface area contributed by atoms with E-state index >= 15 is 0 Å². The lowest BCUT2D eigenvalue weighted by atomic mass is 10.1. The van der Waals surface area contributed by atoms with Gasteiger partial charge in [-0.05, 0) is 48.5 Å². The van der Waals surface area contributed by atoms with E-state index in [2.05, 4.69) is 76.2 Å². The Balaban J connectivity index is 1.11. The van der Waals surface area contributed by atoms with Gasteiger partial charge in [-0.3, -0.25) is 24.0 Å². The van der Waals surface area contributed by atoms with Crippen molar-refractivity contribution in [2.45, 2.75) is 12.1 Å². The number of hydrogen-bond acceptors (Lipinski definition) is 20. The number of nitriles is 2. The number of carbonyl (C=O) groups is 3. The fourth-order valence-corrected chi connectivity index (χ4v) is 6.71. The van der Waals surface area contributed by atoms with Crippen LogP contribution >= 0.6 is 0 Å². The Morgan fingerprint density at radius 3 is 1.59 bits per heavy atom. The van der Waals surface area contributed by atoms with Crippen LogP contribution < -0.4 is 21.8 Å². The maximum absolute atomic E-state index is 14.0. The average molecular weight is 934 g/mol. The molecule has 0 aliphatic rings. The van der Waals surface area contributed by atoms with E-state index in [4.69, 9.17) is 0 Å². The van der Waals surface area contributed by atoms with Gasteiger partial charge in [0, 0.05) is 5.56 Å². The highest BCUT2D eigenvalue weighted by Crippen LogP contribution is 2.30. The molecule has 5 aromatic heterocycles. The Morgan fingerprint density at radius 1 is 0.629 bits per heavy atom. The SMILES string of the molecule is N#Cc1cnn(-c2nc(O)nc(-n3ncc(C#N)c3N=NC(C(=O)Nc3ccccc3C=O)c3nc4ccccc4c(=O)[nH]3)n2)c1N=NC(C(=O)Nc1ccccc1O)c1nc2ccccc2c(=O)[nH]1.